The van der Waals surface area contributed by atoms with Gasteiger partial charge in [-0.25, -0.2) is 0 Å². The predicted molar refractivity (Wildman–Crippen MR) is 110 cm³/mol. The van der Waals surface area contributed by atoms with Crippen molar-refractivity contribution < 1.29 is 19.4 Å². The van der Waals surface area contributed by atoms with Crippen LogP contribution in [0.1, 0.15) is 29.3 Å². The fraction of sp³-hybridized carbons (Fsp3) is 0.421. The lowest BCUT2D eigenvalue weighted by Gasteiger charge is -2.37. The van der Waals surface area contributed by atoms with Crippen LogP contribution in [0, 0.1) is 5.92 Å². The Labute approximate surface area is 176 Å². The number of carbonyl (C=O) groups is 1. The third kappa shape index (κ3) is 4.42. The lowest BCUT2D eigenvalue weighted by Crippen LogP contribution is -2.39. The average molecular weight is 475 g/mol. The quantitative estimate of drug-likeness (QED) is 0.633. The molecule has 0 aliphatic carbocycles. The van der Waals surface area contributed by atoms with Crippen molar-refractivity contribution in [1.29, 1.82) is 0 Å². The number of rotatable bonds is 6. The van der Waals surface area contributed by atoms with Crippen LogP contribution in [0.2, 0.25) is 4.34 Å². The van der Waals surface area contributed by atoms with Gasteiger partial charge in [-0.1, -0.05) is 27.5 Å². The fourth-order valence-corrected chi connectivity index (χ4v) is 5.24. The van der Waals surface area contributed by atoms with Gasteiger partial charge in [0, 0.05) is 9.35 Å². The summed E-state index contributed by atoms with van der Waals surface area (Å²) in [4.78, 5) is 14.7. The number of hydrogen-bond donors (Lipinski definition) is 1. The molecule has 2 heterocycles. The van der Waals surface area contributed by atoms with E-state index in [1.165, 1.54) is 11.3 Å². The molecule has 1 unspecified atom stereocenters. The van der Waals surface area contributed by atoms with Gasteiger partial charge < -0.3 is 14.6 Å². The molecule has 1 aliphatic rings. The van der Waals surface area contributed by atoms with Crippen LogP contribution in [0.3, 0.4) is 0 Å². The zero-order chi connectivity index (χ0) is 19.6. The number of nitrogens with zero attached hydrogens (tertiary/aromatic N) is 1. The Morgan fingerprint density at radius 2 is 1.89 bits per heavy atom. The van der Waals surface area contributed by atoms with Gasteiger partial charge in [-0.15, -0.1) is 11.3 Å². The lowest BCUT2D eigenvalue weighted by atomic mass is 9.93. The number of piperidine rings is 1. The van der Waals surface area contributed by atoms with Crippen molar-refractivity contribution in [3.63, 3.8) is 0 Å². The second-order valence-corrected chi connectivity index (χ2v) is 9.02. The molecule has 1 fully saturated rings. The molecule has 1 N–H and O–H groups in total. The SMILES string of the molecule is COc1cc(Br)c(C(c2ccc(Cl)s2)N2CCC(C(=O)O)CC2)cc1OC. The first kappa shape index (κ1) is 20.5. The van der Waals surface area contributed by atoms with Crippen LogP contribution < -0.4 is 9.47 Å². The summed E-state index contributed by atoms with van der Waals surface area (Å²) in [6, 6.07) is 7.77. The first-order valence-electron chi connectivity index (χ1n) is 8.58. The number of hydrogen-bond acceptors (Lipinski definition) is 5. The highest BCUT2D eigenvalue weighted by atomic mass is 79.9. The molecule has 1 aliphatic heterocycles. The largest absolute Gasteiger partial charge is 0.493 e. The molecule has 1 atom stereocenters. The van der Waals surface area contributed by atoms with E-state index in [1.807, 2.05) is 24.3 Å². The van der Waals surface area contributed by atoms with E-state index in [-0.39, 0.29) is 12.0 Å². The molecule has 1 aromatic heterocycles. The maximum atomic E-state index is 11.3. The van der Waals surface area contributed by atoms with Gasteiger partial charge in [0.25, 0.3) is 0 Å². The van der Waals surface area contributed by atoms with E-state index in [9.17, 15) is 9.90 Å². The number of ether oxygens (including phenoxy) is 2. The molecule has 0 radical (unpaired) electrons. The van der Waals surface area contributed by atoms with Gasteiger partial charge in [0.15, 0.2) is 11.5 Å². The van der Waals surface area contributed by atoms with Gasteiger partial charge in [0.1, 0.15) is 0 Å². The summed E-state index contributed by atoms with van der Waals surface area (Å²) in [7, 11) is 3.22. The van der Waals surface area contributed by atoms with Crippen LogP contribution in [0.15, 0.2) is 28.7 Å². The number of carboxylic acid groups (broad SMARTS) is 1. The van der Waals surface area contributed by atoms with Gasteiger partial charge in [0.05, 0.1) is 30.5 Å². The number of thiophene rings is 1. The average Bonchev–Trinajstić information content (AvgIpc) is 3.09. The monoisotopic (exact) mass is 473 g/mol. The van der Waals surface area contributed by atoms with Crippen molar-refractivity contribution in [3.05, 3.63) is 43.5 Å². The van der Waals surface area contributed by atoms with Crippen LogP contribution in [0.5, 0.6) is 11.5 Å². The fourth-order valence-electron chi connectivity index (χ4n) is 3.49. The molecule has 2 aromatic rings. The molecule has 27 heavy (non-hydrogen) atoms. The van der Waals surface area contributed by atoms with Crippen LogP contribution in [-0.4, -0.2) is 43.3 Å². The third-order valence-electron chi connectivity index (χ3n) is 4.90. The second kappa shape index (κ2) is 8.82. The molecule has 146 valence electrons. The molecular weight excluding hydrogens is 454 g/mol. The Bertz CT molecular complexity index is 820. The number of benzene rings is 1. The maximum absolute atomic E-state index is 11.3. The Morgan fingerprint density at radius 3 is 2.41 bits per heavy atom. The smallest absolute Gasteiger partial charge is 0.306 e. The highest BCUT2D eigenvalue weighted by Gasteiger charge is 2.32. The number of carboxylic acids is 1. The zero-order valence-corrected chi connectivity index (χ0v) is 18.2. The lowest BCUT2D eigenvalue weighted by molar-refractivity contribution is -0.143. The minimum Gasteiger partial charge on any atom is -0.493 e. The maximum Gasteiger partial charge on any atom is 0.306 e. The first-order valence-corrected chi connectivity index (χ1v) is 10.6. The highest BCUT2D eigenvalue weighted by molar-refractivity contribution is 9.10. The van der Waals surface area contributed by atoms with Crippen LogP contribution in [0.25, 0.3) is 0 Å². The molecule has 0 spiro atoms. The third-order valence-corrected chi connectivity index (χ3v) is 6.88. The summed E-state index contributed by atoms with van der Waals surface area (Å²) in [6.45, 7) is 1.41. The van der Waals surface area contributed by atoms with E-state index in [0.29, 0.717) is 37.4 Å². The summed E-state index contributed by atoms with van der Waals surface area (Å²) >= 11 is 11.4. The van der Waals surface area contributed by atoms with Crippen LogP contribution >= 0.6 is 38.9 Å². The van der Waals surface area contributed by atoms with Crippen molar-refractivity contribution in [2.45, 2.75) is 18.9 Å². The number of methoxy groups -OCH3 is 2. The van der Waals surface area contributed by atoms with Gasteiger partial charge in [0.2, 0.25) is 0 Å². The summed E-state index contributed by atoms with van der Waals surface area (Å²) < 4.78 is 12.5. The van der Waals surface area contributed by atoms with Gasteiger partial charge in [-0.05, 0) is 55.8 Å². The molecule has 1 saturated heterocycles. The minimum atomic E-state index is -0.710. The standard InChI is InChI=1S/C19H21BrClNO4S/c1-25-14-9-12(13(20)10-15(14)26-2)18(16-3-4-17(21)27-16)22-7-5-11(6-8-22)19(23)24/h3-4,9-11,18H,5-8H2,1-2H3,(H,23,24). The Morgan fingerprint density at radius 1 is 1.26 bits per heavy atom. The van der Waals surface area contributed by atoms with Gasteiger partial charge in [-0.3, -0.25) is 9.69 Å². The topological polar surface area (TPSA) is 59.0 Å². The first-order chi connectivity index (χ1) is 12.9. The van der Waals surface area contributed by atoms with Crippen molar-refractivity contribution in [2.75, 3.05) is 27.3 Å². The zero-order valence-electron chi connectivity index (χ0n) is 15.1. The van der Waals surface area contributed by atoms with Crippen molar-refractivity contribution in [2.24, 2.45) is 5.92 Å². The number of aliphatic carboxylic acids is 1. The molecule has 8 heteroatoms. The summed E-state index contributed by atoms with van der Waals surface area (Å²) in [5, 5.41) is 9.30. The van der Waals surface area contributed by atoms with Gasteiger partial charge in [-0.2, -0.15) is 0 Å². The summed E-state index contributed by atoms with van der Waals surface area (Å²) in [5.41, 5.74) is 1.04. The Kier molecular flexibility index (Phi) is 6.68. The molecule has 0 saturated carbocycles. The molecular formula is C19H21BrClNO4S. The highest BCUT2D eigenvalue weighted by Crippen LogP contribution is 2.43. The number of likely N-dealkylation sites (tertiary alicyclic amines) is 1. The van der Waals surface area contributed by atoms with Crippen molar-refractivity contribution in [1.82, 2.24) is 4.90 Å². The molecule has 5 nitrogen and oxygen atoms in total. The summed E-state index contributed by atoms with van der Waals surface area (Å²) in [6.07, 6.45) is 1.27. The van der Waals surface area contributed by atoms with Crippen molar-refractivity contribution >= 4 is 44.8 Å². The van der Waals surface area contributed by atoms with Gasteiger partial charge >= 0.3 is 5.97 Å². The Balaban J connectivity index is 2.00. The van der Waals surface area contributed by atoms with E-state index in [4.69, 9.17) is 21.1 Å². The predicted octanol–water partition coefficient (Wildman–Crippen LogP) is 5.07. The summed E-state index contributed by atoms with van der Waals surface area (Å²) in [5.74, 6) is 0.324. The molecule has 0 bridgehead atoms. The minimum absolute atomic E-state index is 0.0357. The van der Waals surface area contributed by atoms with E-state index in [0.717, 1.165) is 19.2 Å². The molecule has 3 rings (SSSR count). The van der Waals surface area contributed by atoms with E-state index < -0.39 is 5.97 Å². The van der Waals surface area contributed by atoms with Crippen molar-refractivity contribution in [3.8, 4) is 11.5 Å². The molecule has 0 amide bonds. The van der Waals surface area contributed by atoms with Crippen LogP contribution in [-0.2, 0) is 4.79 Å². The Hall–Kier alpha value is -1.28. The van der Waals surface area contributed by atoms with E-state index in [1.54, 1.807) is 14.2 Å². The normalized spacial score (nSPS) is 16.9. The van der Waals surface area contributed by atoms with E-state index in [2.05, 4.69) is 20.8 Å². The second-order valence-electron chi connectivity index (χ2n) is 6.42. The van der Waals surface area contributed by atoms with E-state index >= 15 is 0 Å². The number of halogens is 2. The molecule has 1 aromatic carbocycles. The van der Waals surface area contributed by atoms with Crippen LogP contribution in [0.4, 0.5) is 0 Å².